The Morgan fingerprint density at radius 2 is 2.27 bits per heavy atom. The van der Waals surface area contributed by atoms with Crippen LogP contribution in [-0.4, -0.2) is 12.8 Å². The highest BCUT2D eigenvalue weighted by Gasteiger charge is 2.29. The van der Waals surface area contributed by atoms with Gasteiger partial charge in [0, 0.05) is 5.92 Å². The molecular weight excluding hydrogens is 253 g/mol. The molecule has 1 aliphatic rings. The van der Waals surface area contributed by atoms with Crippen LogP contribution in [0.2, 0.25) is 0 Å². The van der Waals surface area contributed by atoms with Crippen LogP contribution in [0.5, 0.6) is 0 Å². The zero-order valence-electron chi connectivity index (χ0n) is 8.16. The quantitative estimate of drug-likeness (QED) is 0.777. The molecule has 3 rings (SSSR count). The van der Waals surface area contributed by atoms with Crippen molar-refractivity contribution in [1.29, 1.82) is 0 Å². The maximum atomic E-state index is 5.72. The minimum Gasteiger partial charge on any atom is -0.439 e. The summed E-state index contributed by atoms with van der Waals surface area (Å²) < 4.78 is 6.67. The number of aromatic nitrogens is 1. The van der Waals surface area contributed by atoms with Gasteiger partial charge in [-0.1, -0.05) is 11.9 Å². The van der Waals surface area contributed by atoms with Crippen molar-refractivity contribution in [2.24, 2.45) is 0 Å². The number of benzene rings is 1. The highest BCUT2D eigenvalue weighted by atomic mass is 79.9. The number of rotatable bonds is 2. The number of hydrogen-bond acceptors (Lipinski definition) is 2. The molecule has 2 aromatic rings. The van der Waals surface area contributed by atoms with E-state index in [9.17, 15) is 0 Å². The first-order valence-corrected chi connectivity index (χ1v) is 5.86. The highest BCUT2D eigenvalue weighted by molar-refractivity contribution is 9.10. The van der Waals surface area contributed by atoms with Gasteiger partial charge in [-0.15, -0.1) is 0 Å². The average Bonchev–Trinajstić information content (AvgIpc) is 2.98. The molecule has 0 saturated heterocycles. The van der Waals surface area contributed by atoms with Crippen molar-refractivity contribution in [3.05, 3.63) is 28.1 Å². The summed E-state index contributed by atoms with van der Waals surface area (Å²) >= 11 is 3.48. The molecule has 0 aliphatic heterocycles. The fraction of sp³-hybridized carbons (Fsp3) is 0.364. The number of nitrogens with zero attached hydrogens (tertiary/aromatic N) is 1. The maximum absolute atomic E-state index is 5.72. The second kappa shape index (κ2) is 3.37. The van der Waals surface area contributed by atoms with Gasteiger partial charge in [0.15, 0.2) is 11.5 Å². The van der Waals surface area contributed by atoms with Crippen LogP contribution in [0.15, 0.2) is 21.0 Å². The molecule has 0 unspecified atom stereocenters. The van der Waals surface area contributed by atoms with E-state index in [0.29, 0.717) is 12.2 Å². The van der Waals surface area contributed by atoms with Gasteiger partial charge < -0.3 is 4.42 Å². The number of oxazole rings is 1. The van der Waals surface area contributed by atoms with E-state index < -0.39 is 0 Å². The summed E-state index contributed by atoms with van der Waals surface area (Å²) in [7, 11) is 5.61. The molecule has 15 heavy (non-hydrogen) atoms. The molecule has 0 spiro atoms. The molecule has 2 nitrogen and oxygen atoms in total. The Morgan fingerprint density at radius 1 is 1.47 bits per heavy atom. The Hall–Kier alpha value is -0.765. The van der Waals surface area contributed by atoms with E-state index in [2.05, 4.69) is 20.9 Å². The second-order valence-electron chi connectivity index (χ2n) is 3.96. The van der Waals surface area contributed by atoms with E-state index in [1.54, 1.807) is 0 Å². The lowest BCUT2D eigenvalue weighted by molar-refractivity contribution is 0.532. The molecule has 1 heterocycles. The molecule has 0 atom stereocenters. The van der Waals surface area contributed by atoms with Gasteiger partial charge in [0.05, 0.1) is 12.3 Å². The summed E-state index contributed by atoms with van der Waals surface area (Å²) in [5.41, 5.74) is 2.82. The summed E-state index contributed by atoms with van der Waals surface area (Å²) in [6, 6.07) is 3.99. The Bertz CT molecular complexity index is 519. The molecule has 0 N–H and O–H groups in total. The molecule has 1 saturated carbocycles. The fourth-order valence-corrected chi connectivity index (χ4v) is 2.26. The van der Waals surface area contributed by atoms with E-state index in [0.717, 1.165) is 27.0 Å². The molecule has 74 valence electrons. The smallest absolute Gasteiger partial charge is 0.198 e. The van der Waals surface area contributed by atoms with Gasteiger partial charge in [-0.2, -0.15) is 0 Å². The van der Waals surface area contributed by atoms with Gasteiger partial charge >= 0.3 is 0 Å². The van der Waals surface area contributed by atoms with Crippen LogP contribution in [0.1, 0.15) is 30.2 Å². The van der Waals surface area contributed by atoms with Gasteiger partial charge in [0.2, 0.25) is 0 Å². The number of halogens is 1. The molecule has 1 fully saturated rings. The van der Waals surface area contributed by atoms with E-state index in [1.165, 1.54) is 12.8 Å². The molecule has 1 aliphatic carbocycles. The minimum atomic E-state index is 0.528. The SMILES string of the molecule is [B]Cc1cc(Br)c2oc(C3CC3)nc2c1. The van der Waals surface area contributed by atoms with Crippen LogP contribution in [0.4, 0.5) is 0 Å². The van der Waals surface area contributed by atoms with Crippen molar-refractivity contribution < 1.29 is 4.42 Å². The van der Waals surface area contributed by atoms with Crippen molar-refractivity contribution in [3.8, 4) is 0 Å². The molecule has 1 aromatic heterocycles. The number of hydrogen-bond donors (Lipinski definition) is 0. The van der Waals surface area contributed by atoms with Crippen molar-refractivity contribution in [2.45, 2.75) is 25.1 Å². The third-order valence-corrected chi connectivity index (χ3v) is 3.27. The monoisotopic (exact) mass is 261 g/mol. The van der Waals surface area contributed by atoms with Crippen LogP contribution in [-0.2, 0) is 6.32 Å². The largest absolute Gasteiger partial charge is 0.439 e. The summed E-state index contributed by atoms with van der Waals surface area (Å²) in [5.74, 6) is 1.42. The predicted octanol–water partition coefficient (Wildman–Crippen LogP) is 3.14. The zero-order valence-corrected chi connectivity index (χ0v) is 9.75. The van der Waals surface area contributed by atoms with Crippen LogP contribution >= 0.6 is 15.9 Å². The first-order chi connectivity index (χ1) is 7.28. The van der Waals surface area contributed by atoms with Crippen molar-refractivity contribution in [2.75, 3.05) is 0 Å². The Morgan fingerprint density at radius 3 is 2.93 bits per heavy atom. The third-order valence-electron chi connectivity index (χ3n) is 2.68. The predicted molar refractivity (Wildman–Crippen MR) is 63.1 cm³/mol. The zero-order chi connectivity index (χ0) is 10.4. The Kier molecular flexibility index (Phi) is 2.13. The van der Waals surface area contributed by atoms with Crippen molar-refractivity contribution >= 4 is 34.9 Å². The lowest BCUT2D eigenvalue weighted by Crippen LogP contribution is -1.84. The van der Waals surface area contributed by atoms with Crippen LogP contribution in [0.3, 0.4) is 0 Å². The van der Waals surface area contributed by atoms with Crippen LogP contribution < -0.4 is 0 Å². The van der Waals surface area contributed by atoms with Crippen LogP contribution in [0.25, 0.3) is 11.1 Å². The standard InChI is InChI=1S/C11H9BBrNO/c12-5-6-3-8(13)10-9(4-6)14-11(15-10)7-1-2-7/h3-4,7H,1-2,5H2. The van der Waals surface area contributed by atoms with E-state index in [4.69, 9.17) is 12.3 Å². The summed E-state index contributed by atoms with van der Waals surface area (Å²) in [4.78, 5) is 4.49. The van der Waals surface area contributed by atoms with Gasteiger partial charge in [-0.25, -0.2) is 4.98 Å². The summed E-state index contributed by atoms with van der Waals surface area (Å²) in [5, 5.41) is 0. The van der Waals surface area contributed by atoms with E-state index >= 15 is 0 Å². The molecule has 2 radical (unpaired) electrons. The lowest BCUT2D eigenvalue weighted by Gasteiger charge is -1.97. The van der Waals surface area contributed by atoms with Crippen molar-refractivity contribution in [3.63, 3.8) is 0 Å². The Balaban J connectivity index is 2.19. The molecule has 0 bridgehead atoms. The summed E-state index contributed by atoms with van der Waals surface area (Å²) in [6.45, 7) is 0. The summed E-state index contributed by atoms with van der Waals surface area (Å²) in [6.07, 6.45) is 2.93. The van der Waals surface area contributed by atoms with Crippen LogP contribution in [0, 0.1) is 0 Å². The minimum absolute atomic E-state index is 0.528. The Labute approximate surface area is 97.6 Å². The van der Waals surface area contributed by atoms with Gasteiger partial charge in [0.1, 0.15) is 5.52 Å². The first kappa shape index (κ1) is 9.46. The number of fused-ring (bicyclic) bond motifs is 1. The molecule has 4 heteroatoms. The van der Waals surface area contributed by atoms with Gasteiger partial charge in [0.25, 0.3) is 0 Å². The first-order valence-electron chi connectivity index (χ1n) is 5.07. The fourth-order valence-electron chi connectivity index (χ4n) is 1.69. The third kappa shape index (κ3) is 1.61. The van der Waals surface area contributed by atoms with Crippen molar-refractivity contribution in [1.82, 2.24) is 4.98 Å². The normalized spacial score (nSPS) is 16.1. The molecule has 0 amide bonds. The van der Waals surface area contributed by atoms with Gasteiger partial charge in [-0.3, -0.25) is 0 Å². The molecular formula is C11H9BBrNO. The topological polar surface area (TPSA) is 26.0 Å². The second-order valence-corrected chi connectivity index (χ2v) is 4.81. The molecule has 1 aromatic carbocycles. The van der Waals surface area contributed by atoms with E-state index in [1.807, 2.05) is 12.1 Å². The average molecular weight is 262 g/mol. The maximum Gasteiger partial charge on any atom is 0.198 e. The van der Waals surface area contributed by atoms with Gasteiger partial charge in [-0.05, 0) is 40.9 Å². The lowest BCUT2D eigenvalue weighted by atomic mass is 9.97. The van der Waals surface area contributed by atoms with E-state index in [-0.39, 0.29) is 0 Å². The highest BCUT2D eigenvalue weighted by Crippen LogP contribution is 2.41.